The fraction of sp³-hybridized carbons (Fsp3) is 0.538. The highest BCUT2D eigenvalue weighted by molar-refractivity contribution is 6.31. The predicted octanol–water partition coefficient (Wildman–Crippen LogP) is 1.99. The molecule has 0 unspecified atom stereocenters. The van der Waals surface area contributed by atoms with Gasteiger partial charge in [-0.1, -0.05) is 18.5 Å². The van der Waals surface area contributed by atoms with Gasteiger partial charge < -0.3 is 5.11 Å². The van der Waals surface area contributed by atoms with Crippen LogP contribution in [0.3, 0.4) is 0 Å². The lowest BCUT2D eigenvalue weighted by Gasteiger charge is -2.06. The molecular formula is C13H19ClN4O. The van der Waals surface area contributed by atoms with Crippen molar-refractivity contribution in [2.45, 2.75) is 40.3 Å². The van der Waals surface area contributed by atoms with Crippen molar-refractivity contribution in [1.82, 2.24) is 19.6 Å². The van der Waals surface area contributed by atoms with Gasteiger partial charge in [0.1, 0.15) is 0 Å². The van der Waals surface area contributed by atoms with E-state index in [9.17, 15) is 5.11 Å². The van der Waals surface area contributed by atoms with Gasteiger partial charge >= 0.3 is 0 Å². The topological polar surface area (TPSA) is 55.9 Å². The number of aromatic nitrogens is 4. The third-order valence-corrected chi connectivity index (χ3v) is 3.93. The zero-order valence-corrected chi connectivity index (χ0v) is 12.5. The number of aliphatic hydroxyl groups excluding tert-OH is 1. The molecule has 0 aliphatic rings. The molecule has 2 aromatic rings. The highest BCUT2D eigenvalue weighted by atomic mass is 35.5. The van der Waals surface area contributed by atoms with Crippen LogP contribution in [0.25, 0.3) is 0 Å². The summed E-state index contributed by atoms with van der Waals surface area (Å²) in [5.41, 5.74) is 4.55. The van der Waals surface area contributed by atoms with E-state index in [0.29, 0.717) is 11.6 Å². The third kappa shape index (κ3) is 2.40. The number of hydrogen-bond acceptors (Lipinski definition) is 3. The molecule has 0 radical (unpaired) electrons. The van der Waals surface area contributed by atoms with Crippen molar-refractivity contribution in [2.75, 3.05) is 0 Å². The highest BCUT2D eigenvalue weighted by Gasteiger charge is 2.16. The van der Waals surface area contributed by atoms with Crippen LogP contribution in [0.5, 0.6) is 0 Å². The zero-order chi connectivity index (χ0) is 14.2. The van der Waals surface area contributed by atoms with Crippen LogP contribution in [0, 0.1) is 13.8 Å². The molecule has 6 heteroatoms. The van der Waals surface area contributed by atoms with Crippen molar-refractivity contribution < 1.29 is 5.11 Å². The molecule has 2 heterocycles. The summed E-state index contributed by atoms with van der Waals surface area (Å²) in [5.74, 6) is 0. The summed E-state index contributed by atoms with van der Waals surface area (Å²) >= 11 is 6.34. The fourth-order valence-corrected chi connectivity index (χ4v) is 2.60. The van der Waals surface area contributed by atoms with Gasteiger partial charge in [0.05, 0.1) is 35.3 Å². The number of rotatable bonds is 4. The normalized spacial score (nSPS) is 11.3. The minimum atomic E-state index is 0.0109. The van der Waals surface area contributed by atoms with Gasteiger partial charge in [-0.2, -0.15) is 10.2 Å². The molecule has 0 aliphatic carbocycles. The van der Waals surface area contributed by atoms with Gasteiger partial charge in [-0.05, 0) is 20.3 Å². The maximum Gasteiger partial charge on any atom is 0.0869 e. The van der Waals surface area contributed by atoms with Crippen molar-refractivity contribution in [2.24, 2.45) is 7.05 Å². The van der Waals surface area contributed by atoms with E-state index in [0.717, 1.165) is 34.8 Å². The Labute approximate surface area is 117 Å². The van der Waals surface area contributed by atoms with E-state index in [-0.39, 0.29) is 6.61 Å². The molecule has 2 aromatic heterocycles. The van der Waals surface area contributed by atoms with Crippen LogP contribution < -0.4 is 0 Å². The van der Waals surface area contributed by atoms with E-state index >= 15 is 0 Å². The van der Waals surface area contributed by atoms with Gasteiger partial charge in [0, 0.05) is 18.3 Å². The maximum atomic E-state index is 9.33. The molecule has 19 heavy (non-hydrogen) atoms. The standard InChI is InChI=1S/C13H19ClN4O/c1-5-11-13(14)12(17(4)16-11)6-18-9(3)10(7-19)8(2)15-18/h19H,5-7H2,1-4H3. The lowest BCUT2D eigenvalue weighted by molar-refractivity contribution is 0.280. The predicted molar refractivity (Wildman–Crippen MR) is 74.3 cm³/mol. The van der Waals surface area contributed by atoms with Crippen LogP contribution in [0.1, 0.15) is 35.3 Å². The fourth-order valence-electron chi connectivity index (χ4n) is 2.25. The van der Waals surface area contributed by atoms with E-state index in [1.165, 1.54) is 0 Å². The first-order valence-corrected chi connectivity index (χ1v) is 6.71. The number of aliphatic hydroxyl groups is 1. The summed E-state index contributed by atoms with van der Waals surface area (Å²) in [6.45, 7) is 6.46. The first-order valence-electron chi connectivity index (χ1n) is 6.33. The Bertz CT molecular complexity index is 600. The maximum absolute atomic E-state index is 9.33. The second-order valence-electron chi connectivity index (χ2n) is 4.65. The van der Waals surface area contributed by atoms with E-state index in [1.807, 2.05) is 32.5 Å². The van der Waals surface area contributed by atoms with E-state index in [2.05, 4.69) is 10.2 Å². The lowest BCUT2D eigenvalue weighted by atomic mass is 10.2. The van der Waals surface area contributed by atoms with E-state index in [4.69, 9.17) is 11.6 Å². The molecule has 0 saturated carbocycles. The van der Waals surface area contributed by atoms with Crippen molar-refractivity contribution in [3.05, 3.63) is 33.4 Å². The summed E-state index contributed by atoms with van der Waals surface area (Å²) in [7, 11) is 1.89. The Morgan fingerprint density at radius 1 is 1.26 bits per heavy atom. The first-order chi connectivity index (χ1) is 8.99. The van der Waals surface area contributed by atoms with Crippen LogP contribution >= 0.6 is 11.6 Å². The Balaban J connectivity index is 2.39. The SMILES string of the molecule is CCc1nn(C)c(Cn2nc(C)c(CO)c2C)c1Cl. The molecule has 0 saturated heterocycles. The second-order valence-corrected chi connectivity index (χ2v) is 5.03. The van der Waals surface area contributed by atoms with Gasteiger partial charge in [-0.3, -0.25) is 9.36 Å². The van der Waals surface area contributed by atoms with Gasteiger partial charge in [0.25, 0.3) is 0 Å². The molecule has 0 bridgehead atoms. The molecule has 0 aliphatic heterocycles. The smallest absolute Gasteiger partial charge is 0.0869 e. The Morgan fingerprint density at radius 3 is 2.42 bits per heavy atom. The van der Waals surface area contributed by atoms with Crippen LogP contribution in [-0.2, 0) is 26.6 Å². The number of aryl methyl sites for hydroxylation is 3. The molecule has 1 N–H and O–H groups in total. The molecule has 104 valence electrons. The van der Waals surface area contributed by atoms with Gasteiger partial charge in [0.2, 0.25) is 0 Å². The summed E-state index contributed by atoms with van der Waals surface area (Å²) in [6, 6.07) is 0. The van der Waals surface area contributed by atoms with Crippen molar-refractivity contribution in [3.63, 3.8) is 0 Å². The van der Waals surface area contributed by atoms with Crippen LogP contribution in [0.2, 0.25) is 5.02 Å². The van der Waals surface area contributed by atoms with Crippen molar-refractivity contribution >= 4 is 11.6 Å². The van der Waals surface area contributed by atoms with Gasteiger partial charge in [-0.25, -0.2) is 0 Å². The van der Waals surface area contributed by atoms with Crippen molar-refractivity contribution in [3.8, 4) is 0 Å². The average Bonchev–Trinajstić information content (AvgIpc) is 2.80. The van der Waals surface area contributed by atoms with E-state index < -0.39 is 0 Å². The highest BCUT2D eigenvalue weighted by Crippen LogP contribution is 2.23. The van der Waals surface area contributed by atoms with Gasteiger partial charge in [0.15, 0.2) is 0 Å². The Kier molecular flexibility index (Phi) is 3.96. The number of hydrogen-bond donors (Lipinski definition) is 1. The average molecular weight is 283 g/mol. The van der Waals surface area contributed by atoms with Crippen LogP contribution in [0.15, 0.2) is 0 Å². The second kappa shape index (κ2) is 5.35. The molecular weight excluding hydrogens is 264 g/mol. The molecule has 2 rings (SSSR count). The quantitative estimate of drug-likeness (QED) is 0.933. The number of nitrogens with zero attached hydrogens (tertiary/aromatic N) is 4. The monoisotopic (exact) mass is 282 g/mol. The van der Waals surface area contributed by atoms with Gasteiger partial charge in [-0.15, -0.1) is 0 Å². The summed E-state index contributed by atoms with van der Waals surface area (Å²) in [4.78, 5) is 0. The summed E-state index contributed by atoms with van der Waals surface area (Å²) < 4.78 is 3.67. The third-order valence-electron chi connectivity index (χ3n) is 3.49. The Morgan fingerprint density at radius 2 is 1.95 bits per heavy atom. The zero-order valence-electron chi connectivity index (χ0n) is 11.7. The largest absolute Gasteiger partial charge is 0.392 e. The molecule has 5 nitrogen and oxygen atoms in total. The lowest BCUT2D eigenvalue weighted by Crippen LogP contribution is -2.09. The molecule has 0 aromatic carbocycles. The summed E-state index contributed by atoms with van der Waals surface area (Å²) in [5, 5.41) is 18.9. The Hall–Kier alpha value is -1.33. The van der Waals surface area contributed by atoms with Crippen LogP contribution in [0.4, 0.5) is 0 Å². The number of halogens is 1. The van der Waals surface area contributed by atoms with Crippen molar-refractivity contribution in [1.29, 1.82) is 0 Å². The minimum Gasteiger partial charge on any atom is -0.392 e. The molecule has 0 spiro atoms. The minimum absolute atomic E-state index is 0.0109. The molecule has 0 atom stereocenters. The molecule has 0 fully saturated rings. The first kappa shape index (κ1) is 14.1. The van der Waals surface area contributed by atoms with E-state index in [1.54, 1.807) is 4.68 Å². The van der Waals surface area contributed by atoms with Crippen LogP contribution in [-0.4, -0.2) is 24.7 Å². The summed E-state index contributed by atoms with van der Waals surface area (Å²) in [6.07, 6.45) is 0.811. The molecule has 0 amide bonds.